The van der Waals surface area contributed by atoms with Crippen molar-refractivity contribution in [2.75, 3.05) is 26.4 Å². The van der Waals surface area contributed by atoms with Crippen LogP contribution in [0, 0.1) is 5.92 Å². The first-order valence-corrected chi connectivity index (χ1v) is 8.53. The van der Waals surface area contributed by atoms with Crippen LogP contribution in [0.2, 0.25) is 0 Å². The molecule has 23 heavy (non-hydrogen) atoms. The summed E-state index contributed by atoms with van der Waals surface area (Å²) in [5.74, 6) is 1.33. The predicted octanol–water partition coefficient (Wildman–Crippen LogP) is 2.21. The molecule has 0 atom stereocenters. The highest BCUT2D eigenvalue weighted by molar-refractivity contribution is 6.09. The van der Waals surface area contributed by atoms with Crippen LogP contribution in [0.5, 0.6) is 0 Å². The molecule has 132 valence electrons. The number of rotatable bonds is 5. The van der Waals surface area contributed by atoms with Crippen LogP contribution in [0.3, 0.4) is 0 Å². The van der Waals surface area contributed by atoms with Gasteiger partial charge in [0.15, 0.2) is 0 Å². The van der Waals surface area contributed by atoms with Gasteiger partial charge in [-0.05, 0) is 58.0 Å². The SMILES string of the molecule is C.O=C1NC(C2CCC(OCCCF)CC2)=NC12CCNCC2. The van der Waals surface area contributed by atoms with Gasteiger partial charge in [-0.25, -0.2) is 0 Å². The third-order valence-electron chi connectivity index (χ3n) is 5.12. The first-order chi connectivity index (χ1) is 10.7. The van der Waals surface area contributed by atoms with Gasteiger partial charge in [-0.15, -0.1) is 0 Å². The van der Waals surface area contributed by atoms with Crippen LogP contribution in [0.1, 0.15) is 52.4 Å². The van der Waals surface area contributed by atoms with Crippen molar-refractivity contribution >= 4 is 11.7 Å². The highest BCUT2D eigenvalue weighted by atomic mass is 19.1. The summed E-state index contributed by atoms with van der Waals surface area (Å²) in [6.07, 6.45) is 6.25. The molecule has 1 saturated heterocycles. The van der Waals surface area contributed by atoms with Gasteiger partial charge >= 0.3 is 0 Å². The number of carbonyl (C=O) groups is 1. The van der Waals surface area contributed by atoms with Crippen LogP contribution < -0.4 is 10.6 Å². The van der Waals surface area contributed by atoms with Gasteiger partial charge in [0.25, 0.3) is 5.91 Å². The number of amides is 1. The van der Waals surface area contributed by atoms with E-state index in [2.05, 4.69) is 10.6 Å². The number of piperidine rings is 1. The molecule has 1 aliphatic carbocycles. The summed E-state index contributed by atoms with van der Waals surface area (Å²) in [7, 11) is 0. The van der Waals surface area contributed by atoms with Gasteiger partial charge in [0.05, 0.1) is 12.8 Å². The molecule has 3 aliphatic rings. The van der Waals surface area contributed by atoms with Crippen molar-refractivity contribution in [1.29, 1.82) is 0 Å². The van der Waals surface area contributed by atoms with Crippen LogP contribution in [-0.4, -0.2) is 49.8 Å². The standard InChI is InChI=1S/C16H26FN3O2.CH4/c17-8-1-11-22-13-4-2-12(3-5-13)14-19-15(21)16(20-14)6-9-18-10-7-16;/h12-13,18H,1-11H2,(H,19,20,21);1H4. The second-order valence-corrected chi connectivity index (χ2v) is 6.62. The molecule has 2 aliphatic heterocycles. The van der Waals surface area contributed by atoms with Gasteiger partial charge in [-0.2, -0.15) is 0 Å². The van der Waals surface area contributed by atoms with Crippen molar-refractivity contribution in [3.05, 3.63) is 0 Å². The van der Waals surface area contributed by atoms with E-state index >= 15 is 0 Å². The van der Waals surface area contributed by atoms with Crippen molar-refractivity contribution in [2.24, 2.45) is 10.9 Å². The molecule has 0 bridgehead atoms. The Hall–Kier alpha value is -1.01. The highest BCUT2D eigenvalue weighted by Gasteiger charge is 2.45. The Morgan fingerprint density at radius 3 is 2.57 bits per heavy atom. The van der Waals surface area contributed by atoms with Crippen LogP contribution in [0.15, 0.2) is 4.99 Å². The molecule has 1 amide bonds. The monoisotopic (exact) mass is 327 g/mol. The van der Waals surface area contributed by atoms with Crippen molar-refractivity contribution in [3.63, 3.8) is 0 Å². The Bertz CT molecular complexity index is 428. The minimum Gasteiger partial charge on any atom is -0.378 e. The molecule has 0 aromatic rings. The smallest absolute Gasteiger partial charge is 0.253 e. The molecule has 0 unspecified atom stereocenters. The van der Waals surface area contributed by atoms with E-state index < -0.39 is 5.54 Å². The average Bonchev–Trinajstić information content (AvgIpc) is 2.86. The molecule has 2 fully saturated rings. The molecule has 2 N–H and O–H groups in total. The minimum atomic E-state index is -0.505. The van der Waals surface area contributed by atoms with E-state index in [4.69, 9.17) is 9.73 Å². The molecule has 0 radical (unpaired) electrons. The van der Waals surface area contributed by atoms with E-state index in [0.717, 1.165) is 57.5 Å². The number of nitrogens with zero attached hydrogens (tertiary/aromatic N) is 1. The molecule has 2 heterocycles. The van der Waals surface area contributed by atoms with Crippen molar-refractivity contribution in [2.45, 2.75) is 64.0 Å². The second-order valence-electron chi connectivity index (χ2n) is 6.62. The summed E-state index contributed by atoms with van der Waals surface area (Å²) in [6, 6.07) is 0. The van der Waals surface area contributed by atoms with Gasteiger partial charge in [0.2, 0.25) is 0 Å². The Morgan fingerprint density at radius 1 is 1.22 bits per heavy atom. The lowest BCUT2D eigenvalue weighted by Crippen LogP contribution is -2.47. The van der Waals surface area contributed by atoms with E-state index in [1.807, 2.05) is 0 Å². The maximum atomic E-state index is 12.3. The number of alkyl halides is 1. The number of aliphatic imine (C=N–C) groups is 1. The topological polar surface area (TPSA) is 62.7 Å². The van der Waals surface area contributed by atoms with Crippen LogP contribution in [0.4, 0.5) is 4.39 Å². The van der Waals surface area contributed by atoms with Crippen LogP contribution >= 0.6 is 0 Å². The molecular formula is C17H30FN3O2. The molecule has 3 rings (SSSR count). The molecule has 1 saturated carbocycles. The summed E-state index contributed by atoms with van der Waals surface area (Å²) < 4.78 is 17.8. The second kappa shape index (κ2) is 8.20. The van der Waals surface area contributed by atoms with Gasteiger partial charge in [0, 0.05) is 12.5 Å². The van der Waals surface area contributed by atoms with Crippen molar-refractivity contribution in [3.8, 4) is 0 Å². The normalized spacial score (nSPS) is 29.8. The summed E-state index contributed by atoms with van der Waals surface area (Å²) in [6.45, 7) is 1.92. The number of amidine groups is 1. The zero-order valence-electron chi connectivity index (χ0n) is 13.1. The fourth-order valence-electron chi connectivity index (χ4n) is 3.72. The lowest BCUT2D eigenvalue weighted by molar-refractivity contribution is -0.124. The fraction of sp³-hybridized carbons (Fsp3) is 0.882. The molecule has 1 spiro atoms. The predicted molar refractivity (Wildman–Crippen MR) is 89.4 cm³/mol. The zero-order valence-corrected chi connectivity index (χ0v) is 13.1. The van der Waals surface area contributed by atoms with E-state index in [1.54, 1.807) is 0 Å². The molecule has 6 heteroatoms. The van der Waals surface area contributed by atoms with E-state index in [1.165, 1.54) is 0 Å². The van der Waals surface area contributed by atoms with Crippen molar-refractivity contribution < 1.29 is 13.9 Å². The zero-order chi connectivity index (χ0) is 15.4. The number of ether oxygens (including phenoxy) is 1. The Morgan fingerprint density at radius 2 is 1.91 bits per heavy atom. The minimum absolute atomic E-state index is 0. The van der Waals surface area contributed by atoms with E-state index in [9.17, 15) is 9.18 Å². The summed E-state index contributed by atoms with van der Waals surface area (Å²) in [4.78, 5) is 17.1. The lowest BCUT2D eigenvalue weighted by Gasteiger charge is -2.29. The van der Waals surface area contributed by atoms with E-state index in [0.29, 0.717) is 18.9 Å². The molecular weight excluding hydrogens is 297 g/mol. The number of hydrogen-bond donors (Lipinski definition) is 2. The first kappa shape index (κ1) is 18.3. The van der Waals surface area contributed by atoms with Crippen molar-refractivity contribution in [1.82, 2.24) is 10.6 Å². The van der Waals surface area contributed by atoms with Gasteiger partial charge in [-0.3, -0.25) is 14.2 Å². The van der Waals surface area contributed by atoms with Gasteiger partial charge < -0.3 is 15.4 Å². The number of nitrogens with one attached hydrogen (secondary N) is 2. The third-order valence-corrected chi connectivity index (χ3v) is 5.12. The average molecular weight is 327 g/mol. The Kier molecular flexibility index (Phi) is 6.53. The van der Waals surface area contributed by atoms with Gasteiger partial charge in [-0.1, -0.05) is 7.43 Å². The maximum Gasteiger partial charge on any atom is 0.253 e. The number of hydrogen-bond acceptors (Lipinski definition) is 4. The van der Waals surface area contributed by atoms with Crippen LogP contribution in [0.25, 0.3) is 0 Å². The quantitative estimate of drug-likeness (QED) is 0.761. The Balaban J connectivity index is 0.00000192. The summed E-state index contributed by atoms with van der Waals surface area (Å²) >= 11 is 0. The summed E-state index contributed by atoms with van der Waals surface area (Å²) in [5, 5.41) is 6.33. The third kappa shape index (κ3) is 4.10. The molecule has 0 aromatic heterocycles. The number of halogens is 1. The molecule has 0 aromatic carbocycles. The van der Waals surface area contributed by atoms with Crippen LogP contribution in [-0.2, 0) is 9.53 Å². The lowest BCUT2D eigenvalue weighted by atomic mass is 9.86. The largest absolute Gasteiger partial charge is 0.378 e. The number of carbonyl (C=O) groups excluding carboxylic acids is 1. The highest BCUT2D eigenvalue weighted by Crippen LogP contribution is 2.33. The summed E-state index contributed by atoms with van der Waals surface area (Å²) in [5.41, 5.74) is -0.505. The first-order valence-electron chi connectivity index (χ1n) is 8.53. The fourth-order valence-corrected chi connectivity index (χ4v) is 3.72. The Labute approximate surface area is 138 Å². The van der Waals surface area contributed by atoms with Gasteiger partial charge in [0.1, 0.15) is 11.4 Å². The molecule has 5 nitrogen and oxygen atoms in total. The maximum absolute atomic E-state index is 12.3. The van der Waals surface area contributed by atoms with E-state index in [-0.39, 0.29) is 26.1 Å².